The van der Waals surface area contributed by atoms with E-state index in [9.17, 15) is 4.79 Å². The Labute approximate surface area is 211 Å². The lowest BCUT2D eigenvalue weighted by Gasteiger charge is -2.31. The molecule has 7 nitrogen and oxygen atoms in total. The number of aromatic amines is 1. The number of carbonyl (C=O) groups excluding carboxylic acids is 1. The summed E-state index contributed by atoms with van der Waals surface area (Å²) in [5, 5.41) is 4.32. The zero-order chi connectivity index (χ0) is 24.2. The highest BCUT2D eigenvalue weighted by molar-refractivity contribution is 7.17. The number of nitrogens with two attached hydrogens (primary N) is 1. The summed E-state index contributed by atoms with van der Waals surface area (Å²) in [6.07, 6.45) is 5.36. The van der Waals surface area contributed by atoms with Crippen LogP contribution < -0.4 is 5.73 Å². The summed E-state index contributed by atoms with van der Waals surface area (Å²) in [5.74, 6) is 1.75. The number of anilines is 1. The molecule has 0 bridgehead atoms. The number of nitrogens with one attached hydrogen (secondary N) is 1. The van der Waals surface area contributed by atoms with Crippen LogP contribution in [0.15, 0.2) is 72.4 Å². The predicted octanol–water partition coefficient (Wildman–Crippen LogP) is 5.69. The number of imidazole rings is 1. The number of nitrogen functional groups attached to an aromatic ring is 1. The fourth-order valence-corrected chi connectivity index (χ4v) is 6.16. The molecule has 2 aromatic carbocycles. The maximum absolute atomic E-state index is 13.2. The van der Waals surface area contributed by atoms with Crippen LogP contribution >= 0.6 is 11.3 Å². The summed E-state index contributed by atoms with van der Waals surface area (Å²) < 4.78 is 3.28. The highest BCUT2D eigenvalue weighted by atomic mass is 32.1. The van der Waals surface area contributed by atoms with Crippen molar-refractivity contribution in [2.24, 2.45) is 0 Å². The average molecular weight is 493 g/mol. The molecule has 0 unspecified atom stereocenters. The lowest BCUT2D eigenvalue weighted by molar-refractivity contribution is 0.0711. The van der Waals surface area contributed by atoms with Crippen molar-refractivity contribution in [1.29, 1.82) is 0 Å². The minimum Gasteiger partial charge on any atom is -0.382 e. The number of para-hydroxylation sites is 1. The van der Waals surface area contributed by atoms with E-state index in [1.807, 2.05) is 41.4 Å². The quantitative estimate of drug-likeness (QED) is 0.332. The van der Waals surface area contributed by atoms with E-state index in [0.29, 0.717) is 18.9 Å². The van der Waals surface area contributed by atoms with E-state index in [1.165, 1.54) is 4.70 Å². The molecule has 36 heavy (non-hydrogen) atoms. The maximum atomic E-state index is 13.2. The van der Waals surface area contributed by atoms with Gasteiger partial charge in [-0.3, -0.25) is 9.20 Å². The molecular formula is C28H24N6OS. The first-order valence-electron chi connectivity index (χ1n) is 12.1. The van der Waals surface area contributed by atoms with Gasteiger partial charge in [0.05, 0.1) is 5.69 Å². The first-order valence-corrected chi connectivity index (χ1v) is 13.0. The van der Waals surface area contributed by atoms with E-state index in [2.05, 4.69) is 44.0 Å². The molecule has 6 aromatic rings. The Morgan fingerprint density at radius 2 is 1.92 bits per heavy atom. The molecule has 1 amide bonds. The minimum atomic E-state index is 0.0988. The molecule has 1 aliphatic heterocycles. The Morgan fingerprint density at radius 3 is 2.78 bits per heavy atom. The van der Waals surface area contributed by atoms with Gasteiger partial charge in [-0.1, -0.05) is 18.2 Å². The van der Waals surface area contributed by atoms with Crippen LogP contribution in [0, 0.1) is 0 Å². The number of rotatable bonds is 3. The molecule has 1 saturated heterocycles. The zero-order valence-corrected chi connectivity index (χ0v) is 20.3. The fourth-order valence-electron chi connectivity index (χ4n) is 5.39. The standard InChI is InChI=1S/C28H24N6OS/c29-26-25-24(22-16-18-3-1-2-4-21(18)31-22)32-27(34(25)13-10-30-26)17-7-11-33(12-8-17)28(35)20-5-6-23-19(15-20)9-14-36-23/h1-6,9-10,13-17,31H,7-8,11-12H2,(H2,29,30). The van der Waals surface area contributed by atoms with Gasteiger partial charge >= 0.3 is 0 Å². The highest BCUT2D eigenvalue weighted by Crippen LogP contribution is 2.35. The van der Waals surface area contributed by atoms with Gasteiger partial charge in [-0.15, -0.1) is 11.3 Å². The van der Waals surface area contributed by atoms with Crippen LogP contribution in [-0.2, 0) is 0 Å². The maximum Gasteiger partial charge on any atom is 0.253 e. The summed E-state index contributed by atoms with van der Waals surface area (Å²) in [4.78, 5) is 28.1. The summed E-state index contributed by atoms with van der Waals surface area (Å²) in [7, 11) is 0. The van der Waals surface area contributed by atoms with Crippen molar-refractivity contribution in [2.75, 3.05) is 18.8 Å². The summed E-state index contributed by atoms with van der Waals surface area (Å²) >= 11 is 1.69. The van der Waals surface area contributed by atoms with Crippen molar-refractivity contribution < 1.29 is 4.79 Å². The van der Waals surface area contributed by atoms with Crippen LogP contribution in [0.2, 0.25) is 0 Å². The van der Waals surface area contributed by atoms with Gasteiger partial charge in [-0.25, -0.2) is 9.97 Å². The topological polar surface area (TPSA) is 92.3 Å². The van der Waals surface area contributed by atoms with Crippen LogP contribution in [0.5, 0.6) is 0 Å². The fraction of sp³-hybridized carbons (Fsp3) is 0.179. The molecule has 0 atom stereocenters. The van der Waals surface area contributed by atoms with Crippen molar-refractivity contribution in [3.63, 3.8) is 0 Å². The second-order valence-corrected chi connectivity index (χ2v) is 10.3. The van der Waals surface area contributed by atoms with Gasteiger partial charge in [0, 0.05) is 52.6 Å². The number of fused-ring (bicyclic) bond motifs is 3. The van der Waals surface area contributed by atoms with Gasteiger partial charge in [-0.05, 0) is 60.0 Å². The van der Waals surface area contributed by atoms with Crippen LogP contribution in [0.3, 0.4) is 0 Å². The summed E-state index contributed by atoms with van der Waals surface area (Å²) in [6.45, 7) is 1.39. The summed E-state index contributed by atoms with van der Waals surface area (Å²) in [6, 6.07) is 18.4. The normalized spacial score (nSPS) is 14.8. The van der Waals surface area contributed by atoms with Crippen molar-refractivity contribution in [3.05, 3.63) is 83.8 Å². The van der Waals surface area contributed by atoms with Gasteiger partial charge in [-0.2, -0.15) is 0 Å². The first-order chi connectivity index (χ1) is 17.7. The lowest BCUT2D eigenvalue weighted by atomic mass is 9.95. The molecule has 5 heterocycles. The summed E-state index contributed by atoms with van der Waals surface area (Å²) in [5.41, 5.74) is 10.7. The van der Waals surface area contributed by atoms with E-state index in [0.717, 1.165) is 57.4 Å². The van der Waals surface area contributed by atoms with E-state index in [4.69, 9.17) is 10.7 Å². The highest BCUT2D eigenvalue weighted by Gasteiger charge is 2.29. The molecule has 3 N–H and O–H groups in total. The second-order valence-electron chi connectivity index (χ2n) is 9.36. The van der Waals surface area contributed by atoms with Crippen LogP contribution in [0.4, 0.5) is 5.82 Å². The Kier molecular flexibility index (Phi) is 4.82. The monoisotopic (exact) mass is 492 g/mol. The number of likely N-dealkylation sites (tertiary alicyclic amines) is 1. The number of piperidine rings is 1. The molecule has 0 saturated carbocycles. The molecule has 4 aromatic heterocycles. The largest absolute Gasteiger partial charge is 0.382 e. The number of hydrogen-bond acceptors (Lipinski definition) is 5. The molecule has 0 spiro atoms. The number of H-pyrrole nitrogens is 1. The predicted molar refractivity (Wildman–Crippen MR) is 144 cm³/mol. The smallest absolute Gasteiger partial charge is 0.253 e. The minimum absolute atomic E-state index is 0.0988. The number of amides is 1. The van der Waals surface area contributed by atoms with Crippen LogP contribution in [0.25, 0.3) is 37.9 Å². The number of carbonyl (C=O) groups is 1. The molecule has 7 rings (SSSR count). The van der Waals surface area contributed by atoms with Crippen molar-refractivity contribution in [1.82, 2.24) is 24.3 Å². The van der Waals surface area contributed by atoms with Crippen LogP contribution in [0.1, 0.15) is 34.9 Å². The van der Waals surface area contributed by atoms with Gasteiger partial charge in [0.2, 0.25) is 0 Å². The Morgan fingerprint density at radius 1 is 1.06 bits per heavy atom. The SMILES string of the molecule is Nc1nccn2c(C3CCN(C(=O)c4ccc5sccc5c4)CC3)nc(-c3cc4ccccc4[nH]3)c12. The molecule has 8 heteroatoms. The van der Waals surface area contributed by atoms with Crippen molar-refractivity contribution in [3.8, 4) is 11.4 Å². The van der Waals surface area contributed by atoms with E-state index in [1.54, 1.807) is 17.5 Å². The Bertz CT molecular complexity index is 1720. The third-order valence-corrected chi connectivity index (χ3v) is 8.14. The van der Waals surface area contributed by atoms with Gasteiger partial charge in [0.15, 0.2) is 0 Å². The van der Waals surface area contributed by atoms with E-state index >= 15 is 0 Å². The van der Waals surface area contributed by atoms with Gasteiger partial charge < -0.3 is 15.6 Å². The number of benzene rings is 2. The third kappa shape index (κ3) is 3.37. The number of thiophene rings is 1. The molecule has 1 aliphatic rings. The molecule has 0 aliphatic carbocycles. The van der Waals surface area contributed by atoms with Crippen molar-refractivity contribution in [2.45, 2.75) is 18.8 Å². The number of nitrogens with zero attached hydrogens (tertiary/aromatic N) is 4. The molecular weight excluding hydrogens is 468 g/mol. The number of aromatic nitrogens is 4. The van der Waals surface area contributed by atoms with Crippen molar-refractivity contribution >= 4 is 49.6 Å². The van der Waals surface area contributed by atoms with Crippen LogP contribution in [-0.4, -0.2) is 43.2 Å². The average Bonchev–Trinajstić information content (AvgIpc) is 3.64. The second kappa shape index (κ2) is 8.20. The molecule has 1 fully saturated rings. The first kappa shape index (κ1) is 21.1. The Balaban J connectivity index is 1.19. The van der Waals surface area contributed by atoms with Gasteiger partial charge in [0.1, 0.15) is 22.9 Å². The lowest BCUT2D eigenvalue weighted by Crippen LogP contribution is -2.38. The molecule has 178 valence electrons. The van der Waals surface area contributed by atoms with Gasteiger partial charge in [0.25, 0.3) is 5.91 Å². The van der Waals surface area contributed by atoms with E-state index < -0.39 is 0 Å². The molecule has 0 radical (unpaired) electrons. The zero-order valence-electron chi connectivity index (χ0n) is 19.5. The third-order valence-electron chi connectivity index (χ3n) is 7.24. The Hall–Kier alpha value is -4.17. The van der Waals surface area contributed by atoms with E-state index in [-0.39, 0.29) is 11.8 Å². The number of hydrogen-bond donors (Lipinski definition) is 2.